The number of carbonyl (C=O) groups is 1. The van der Waals surface area contributed by atoms with Gasteiger partial charge in [0, 0.05) is 44.0 Å². The molecule has 0 aliphatic carbocycles. The lowest BCUT2D eigenvalue weighted by Gasteiger charge is -2.34. The van der Waals surface area contributed by atoms with Crippen molar-refractivity contribution in [1.82, 2.24) is 19.6 Å². The molecule has 0 spiro atoms. The third-order valence-electron chi connectivity index (χ3n) is 4.80. The summed E-state index contributed by atoms with van der Waals surface area (Å²) >= 11 is 0. The highest BCUT2D eigenvalue weighted by Gasteiger charge is 2.22. The number of amides is 1. The molecule has 26 heavy (non-hydrogen) atoms. The van der Waals surface area contributed by atoms with E-state index in [-0.39, 0.29) is 5.91 Å². The van der Waals surface area contributed by atoms with Crippen LogP contribution in [0.3, 0.4) is 0 Å². The third kappa shape index (κ3) is 4.43. The van der Waals surface area contributed by atoms with Gasteiger partial charge in [0.15, 0.2) is 0 Å². The van der Waals surface area contributed by atoms with Crippen LogP contribution < -0.4 is 4.74 Å². The van der Waals surface area contributed by atoms with Gasteiger partial charge in [-0.2, -0.15) is 5.10 Å². The first-order valence-electron chi connectivity index (χ1n) is 9.32. The first kappa shape index (κ1) is 18.5. The Hall–Kier alpha value is -2.34. The SMILES string of the molecule is CCOc1ccc(C(=O)N2CCN(CCn3nc(C)cc3C)CC2)cc1. The molecular formula is C20H28N4O2. The Morgan fingerprint density at radius 2 is 1.77 bits per heavy atom. The van der Waals surface area contributed by atoms with Crippen molar-refractivity contribution in [2.75, 3.05) is 39.3 Å². The van der Waals surface area contributed by atoms with Gasteiger partial charge in [-0.1, -0.05) is 0 Å². The average molecular weight is 356 g/mol. The Morgan fingerprint density at radius 3 is 2.35 bits per heavy atom. The highest BCUT2D eigenvalue weighted by molar-refractivity contribution is 5.94. The van der Waals surface area contributed by atoms with Crippen LogP contribution in [-0.4, -0.2) is 64.8 Å². The van der Waals surface area contributed by atoms with E-state index in [1.54, 1.807) is 0 Å². The summed E-state index contributed by atoms with van der Waals surface area (Å²) < 4.78 is 7.50. The molecule has 1 aromatic carbocycles. The molecule has 0 unspecified atom stereocenters. The van der Waals surface area contributed by atoms with Gasteiger partial charge in [-0.25, -0.2) is 0 Å². The van der Waals surface area contributed by atoms with Gasteiger partial charge in [-0.05, 0) is 51.1 Å². The number of nitrogens with zero attached hydrogens (tertiary/aromatic N) is 4. The molecule has 1 fully saturated rings. The highest BCUT2D eigenvalue weighted by Crippen LogP contribution is 2.15. The number of hydrogen-bond acceptors (Lipinski definition) is 4. The van der Waals surface area contributed by atoms with Gasteiger partial charge in [0.05, 0.1) is 18.8 Å². The van der Waals surface area contributed by atoms with Crippen LogP contribution in [0.1, 0.15) is 28.7 Å². The van der Waals surface area contributed by atoms with Crippen LogP contribution >= 0.6 is 0 Å². The fourth-order valence-electron chi connectivity index (χ4n) is 3.35. The van der Waals surface area contributed by atoms with E-state index < -0.39 is 0 Å². The summed E-state index contributed by atoms with van der Waals surface area (Å²) in [6, 6.07) is 9.53. The van der Waals surface area contributed by atoms with E-state index in [2.05, 4.69) is 27.7 Å². The largest absolute Gasteiger partial charge is 0.494 e. The summed E-state index contributed by atoms with van der Waals surface area (Å²) in [6.07, 6.45) is 0. The number of piperazine rings is 1. The van der Waals surface area contributed by atoms with E-state index in [1.165, 1.54) is 5.69 Å². The van der Waals surface area contributed by atoms with Gasteiger partial charge >= 0.3 is 0 Å². The Morgan fingerprint density at radius 1 is 1.08 bits per heavy atom. The van der Waals surface area contributed by atoms with Crippen molar-refractivity contribution in [2.24, 2.45) is 0 Å². The van der Waals surface area contributed by atoms with Crippen LogP contribution in [0, 0.1) is 13.8 Å². The molecule has 2 heterocycles. The van der Waals surface area contributed by atoms with Crippen molar-refractivity contribution in [3.8, 4) is 5.75 Å². The van der Waals surface area contributed by atoms with Crippen molar-refractivity contribution < 1.29 is 9.53 Å². The van der Waals surface area contributed by atoms with Crippen molar-refractivity contribution in [3.05, 3.63) is 47.3 Å². The molecular weight excluding hydrogens is 328 g/mol. The van der Waals surface area contributed by atoms with Gasteiger partial charge in [0.1, 0.15) is 5.75 Å². The van der Waals surface area contributed by atoms with E-state index in [9.17, 15) is 4.79 Å². The van der Waals surface area contributed by atoms with E-state index in [4.69, 9.17) is 4.74 Å². The van der Waals surface area contributed by atoms with Gasteiger partial charge in [0.25, 0.3) is 5.91 Å². The smallest absolute Gasteiger partial charge is 0.253 e. The lowest BCUT2D eigenvalue weighted by atomic mass is 10.1. The van der Waals surface area contributed by atoms with Crippen LogP contribution in [0.4, 0.5) is 0 Å². The molecule has 1 saturated heterocycles. The van der Waals surface area contributed by atoms with Gasteiger partial charge < -0.3 is 9.64 Å². The molecule has 140 valence electrons. The average Bonchev–Trinajstić information content (AvgIpc) is 2.98. The third-order valence-corrected chi connectivity index (χ3v) is 4.80. The van der Waals surface area contributed by atoms with Gasteiger partial charge in [-0.15, -0.1) is 0 Å². The Bertz CT molecular complexity index is 731. The predicted octanol–water partition coefficient (Wildman–Crippen LogP) is 2.36. The molecule has 1 aliphatic rings. The monoisotopic (exact) mass is 356 g/mol. The molecule has 0 saturated carbocycles. The van der Waals surface area contributed by atoms with Crippen molar-refractivity contribution in [1.29, 1.82) is 0 Å². The Labute approximate surface area is 155 Å². The summed E-state index contributed by atoms with van der Waals surface area (Å²) in [6.45, 7) is 11.9. The second kappa shape index (κ2) is 8.36. The number of hydrogen-bond donors (Lipinski definition) is 0. The minimum atomic E-state index is 0.103. The summed E-state index contributed by atoms with van der Waals surface area (Å²) in [7, 11) is 0. The Kier molecular flexibility index (Phi) is 5.93. The van der Waals surface area contributed by atoms with Crippen LogP contribution in [0.15, 0.2) is 30.3 Å². The molecule has 6 nitrogen and oxygen atoms in total. The second-order valence-electron chi connectivity index (χ2n) is 6.74. The normalized spacial score (nSPS) is 15.3. The van der Waals surface area contributed by atoms with Crippen molar-refractivity contribution >= 4 is 5.91 Å². The fourth-order valence-corrected chi connectivity index (χ4v) is 3.35. The fraction of sp³-hybridized carbons (Fsp3) is 0.500. The van der Waals surface area contributed by atoms with Crippen molar-refractivity contribution in [2.45, 2.75) is 27.3 Å². The lowest BCUT2D eigenvalue weighted by Crippen LogP contribution is -2.49. The van der Waals surface area contributed by atoms with Gasteiger partial charge in [0.2, 0.25) is 0 Å². The topological polar surface area (TPSA) is 50.6 Å². The summed E-state index contributed by atoms with van der Waals surface area (Å²) in [5, 5.41) is 4.51. The highest BCUT2D eigenvalue weighted by atomic mass is 16.5. The molecule has 0 bridgehead atoms. The number of ether oxygens (including phenoxy) is 1. The van der Waals surface area contributed by atoms with Crippen LogP contribution in [0.2, 0.25) is 0 Å². The quantitative estimate of drug-likeness (QED) is 0.797. The maximum atomic E-state index is 12.7. The molecule has 0 N–H and O–H groups in total. The Balaban J connectivity index is 1.48. The zero-order valence-electron chi connectivity index (χ0n) is 15.9. The maximum Gasteiger partial charge on any atom is 0.253 e. The van der Waals surface area contributed by atoms with E-state index in [0.29, 0.717) is 6.61 Å². The van der Waals surface area contributed by atoms with Crippen LogP contribution in [0.25, 0.3) is 0 Å². The van der Waals surface area contributed by atoms with E-state index >= 15 is 0 Å². The molecule has 1 amide bonds. The summed E-state index contributed by atoms with van der Waals surface area (Å²) in [5.74, 6) is 0.907. The number of aryl methyl sites for hydroxylation is 2. The number of benzene rings is 1. The number of carbonyl (C=O) groups excluding carboxylic acids is 1. The molecule has 1 aromatic heterocycles. The lowest BCUT2D eigenvalue weighted by molar-refractivity contribution is 0.0631. The van der Waals surface area contributed by atoms with E-state index in [1.807, 2.05) is 43.0 Å². The minimum absolute atomic E-state index is 0.103. The molecule has 3 rings (SSSR count). The number of rotatable bonds is 6. The zero-order chi connectivity index (χ0) is 18.5. The molecule has 6 heteroatoms. The molecule has 2 aromatic rings. The van der Waals surface area contributed by atoms with E-state index in [0.717, 1.165) is 56.3 Å². The summed E-state index contributed by atoms with van der Waals surface area (Å²) in [4.78, 5) is 17.0. The number of aromatic nitrogens is 2. The summed E-state index contributed by atoms with van der Waals surface area (Å²) in [5.41, 5.74) is 2.99. The van der Waals surface area contributed by atoms with Crippen molar-refractivity contribution in [3.63, 3.8) is 0 Å². The maximum absolute atomic E-state index is 12.7. The zero-order valence-corrected chi connectivity index (χ0v) is 15.9. The first-order valence-corrected chi connectivity index (χ1v) is 9.32. The minimum Gasteiger partial charge on any atom is -0.494 e. The van der Waals surface area contributed by atoms with Gasteiger partial charge in [-0.3, -0.25) is 14.4 Å². The second-order valence-corrected chi connectivity index (χ2v) is 6.74. The predicted molar refractivity (Wildman–Crippen MR) is 102 cm³/mol. The molecule has 0 atom stereocenters. The molecule has 1 aliphatic heterocycles. The first-order chi connectivity index (χ1) is 12.6. The van der Waals surface area contributed by atoms with Crippen LogP contribution in [-0.2, 0) is 6.54 Å². The van der Waals surface area contributed by atoms with Crippen LogP contribution in [0.5, 0.6) is 5.75 Å². The molecule has 0 radical (unpaired) electrons. The standard InChI is InChI=1S/C20H28N4O2/c1-4-26-19-7-5-18(6-8-19)20(25)23-12-9-22(10-13-23)11-14-24-17(3)15-16(2)21-24/h5-8,15H,4,9-14H2,1-3H3.